The summed E-state index contributed by atoms with van der Waals surface area (Å²) in [5.41, 5.74) is 2.88. The molecule has 0 saturated heterocycles. The van der Waals surface area contributed by atoms with Crippen LogP contribution in [0.2, 0.25) is 0 Å². The number of aromatic nitrogens is 2. The molecule has 0 unspecified atom stereocenters. The van der Waals surface area contributed by atoms with E-state index < -0.39 is 0 Å². The molecule has 0 bridgehead atoms. The van der Waals surface area contributed by atoms with Crippen molar-refractivity contribution < 1.29 is 9.59 Å². The SMILES string of the molecule is CC(C)CC(=O)Nc1ccc(NC(=O)c2ccc(-n3ccnc3)cc2)cc1. The molecule has 0 spiro atoms. The molecule has 3 rings (SSSR count). The van der Waals surface area contributed by atoms with Gasteiger partial charge in [-0.05, 0) is 54.4 Å². The summed E-state index contributed by atoms with van der Waals surface area (Å²) < 4.78 is 1.87. The quantitative estimate of drug-likeness (QED) is 0.693. The van der Waals surface area contributed by atoms with E-state index in [1.807, 2.05) is 36.7 Å². The van der Waals surface area contributed by atoms with Crippen molar-refractivity contribution in [1.82, 2.24) is 9.55 Å². The van der Waals surface area contributed by atoms with E-state index in [0.29, 0.717) is 29.3 Å². The average Bonchev–Trinajstić information content (AvgIpc) is 3.17. The Kier molecular flexibility index (Phi) is 5.66. The number of rotatable bonds is 6. The van der Waals surface area contributed by atoms with Gasteiger partial charge in [-0.2, -0.15) is 0 Å². The fraction of sp³-hybridized carbons (Fsp3) is 0.190. The highest BCUT2D eigenvalue weighted by Gasteiger charge is 2.08. The van der Waals surface area contributed by atoms with E-state index in [2.05, 4.69) is 15.6 Å². The summed E-state index contributed by atoms with van der Waals surface area (Å²) in [6.45, 7) is 4.00. The minimum Gasteiger partial charge on any atom is -0.326 e. The first kappa shape index (κ1) is 18.4. The first-order valence-corrected chi connectivity index (χ1v) is 8.81. The molecule has 2 aromatic carbocycles. The van der Waals surface area contributed by atoms with Gasteiger partial charge < -0.3 is 15.2 Å². The minimum absolute atomic E-state index is 0.0141. The number of imidazole rings is 1. The number of carbonyl (C=O) groups is 2. The third kappa shape index (κ3) is 5.04. The van der Waals surface area contributed by atoms with E-state index in [4.69, 9.17) is 0 Å². The van der Waals surface area contributed by atoms with Gasteiger partial charge in [0.05, 0.1) is 6.33 Å². The predicted octanol–water partition coefficient (Wildman–Crippen LogP) is 4.11. The lowest BCUT2D eigenvalue weighted by molar-refractivity contribution is -0.116. The summed E-state index contributed by atoms with van der Waals surface area (Å²) in [5.74, 6) is 0.104. The van der Waals surface area contributed by atoms with Crippen molar-refractivity contribution in [2.24, 2.45) is 5.92 Å². The van der Waals surface area contributed by atoms with Crippen LogP contribution in [-0.4, -0.2) is 21.4 Å². The van der Waals surface area contributed by atoms with Gasteiger partial charge in [0.25, 0.3) is 5.91 Å². The van der Waals surface area contributed by atoms with Crippen LogP contribution in [0.4, 0.5) is 11.4 Å². The van der Waals surface area contributed by atoms with Crippen molar-refractivity contribution in [3.63, 3.8) is 0 Å². The average molecular weight is 362 g/mol. The zero-order chi connectivity index (χ0) is 19.2. The standard InChI is InChI=1S/C21H22N4O2/c1-15(2)13-20(26)23-17-5-7-18(8-6-17)24-21(27)16-3-9-19(10-4-16)25-12-11-22-14-25/h3-12,14-15H,13H2,1-2H3,(H,23,26)(H,24,27). The Morgan fingerprint density at radius 2 is 1.59 bits per heavy atom. The van der Waals surface area contributed by atoms with Crippen LogP contribution in [0.1, 0.15) is 30.6 Å². The van der Waals surface area contributed by atoms with E-state index in [1.54, 1.807) is 48.9 Å². The van der Waals surface area contributed by atoms with Crippen molar-refractivity contribution in [2.75, 3.05) is 10.6 Å². The molecule has 0 aliphatic heterocycles. The Morgan fingerprint density at radius 1 is 0.963 bits per heavy atom. The smallest absolute Gasteiger partial charge is 0.255 e. The van der Waals surface area contributed by atoms with Crippen LogP contribution in [0.15, 0.2) is 67.3 Å². The summed E-state index contributed by atoms with van der Waals surface area (Å²) >= 11 is 0. The van der Waals surface area contributed by atoms with Crippen molar-refractivity contribution in [2.45, 2.75) is 20.3 Å². The molecule has 0 radical (unpaired) electrons. The molecule has 1 heterocycles. The molecule has 138 valence electrons. The first-order valence-electron chi connectivity index (χ1n) is 8.81. The van der Waals surface area contributed by atoms with Gasteiger partial charge in [0.2, 0.25) is 5.91 Å². The Hall–Kier alpha value is -3.41. The predicted molar refractivity (Wildman–Crippen MR) is 106 cm³/mol. The minimum atomic E-state index is -0.191. The normalized spacial score (nSPS) is 10.6. The van der Waals surface area contributed by atoms with Crippen LogP contribution < -0.4 is 10.6 Å². The summed E-state index contributed by atoms with van der Waals surface area (Å²) in [7, 11) is 0. The van der Waals surface area contributed by atoms with Crippen LogP contribution in [0.5, 0.6) is 0 Å². The Bertz CT molecular complexity index is 898. The molecule has 2 N–H and O–H groups in total. The van der Waals surface area contributed by atoms with Gasteiger partial charge in [0.15, 0.2) is 0 Å². The maximum atomic E-state index is 12.4. The number of hydrogen-bond acceptors (Lipinski definition) is 3. The molecule has 0 saturated carbocycles. The second kappa shape index (κ2) is 8.31. The Morgan fingerprint density at radius 3 is 2.15 bits per heavy atom. The van der Waals surface area contributed by atoms with Gasteiger partial charge in [0.1, 0.15) is 0 Å². The molecule has 0 aliphatic rings. The second-order valence-corrected chi connectivity index (χ2v) is 6.69. The lowest BCUT2D eigenvalue weighted by Gasteiger charge is -2.09. The summed E-state index contributed by atoms with van der Waals surface area (Å²) in [6.07, 6.45) is 5.73. The number of amides is 2. The van der Waals surface area contributed by atoms with E-state index in [9.17, 15) is 9.59 Å². The number of nitrogens with zero attached hydrogens (tertiary/aromatic N) is 2. The molecule has 6 heteroatoms. The fourth-order valence-electron chi connectivity index (χ4n) is 2.62. The lowest BCUT2D eigenvalue weighted by atomic mass is 10.1. The third-order valence-electron chi connectivity index (χ3n) is 3.95. The van der Waals surface area contributed by atoms with Crippen molar-refractivity contribution >= 4 is 23.2 Å². The van der Waals surface area contributed by atoms with Gasteiger partial charge in [-0.1, -0.05) is 13.8 Å². The van der Waals surface area contributed by atoms with Crippen molar-refractivity contribution in [3.8, 4) is 5.69 Å². The van der Waals surface area contributed by atoms with Crippen molar-refractivity contribution in [1.29, 1.82) is 0 Å². The third-order valence-corrected chi connectivity index (χ3v) is 3.95. The maximum Gasteiger partial charge on any atom is 0.255 e. The van der Waals surface area contributed by atoms with Crippen LogP contribution in [-0.2, 0) is 4.79 Å². The van der Waals surface area contributed by atoms with E-state index in [1.165, 1.54) is 0 Å². The van der Waals surface area contributed by atoms with Gasteiger partial charge in [0, 0.05) is 41.4 Å². The molecule has 1 aromatic heterocycles. The number of carbonyl (C=O) groups excluding carboxylic acids is 2. The molecule has 3 aromatic rings. The fourth-order valence-corrected chi connectivity index (χ4v) is 2.62. The molecule has 0 fully saturated rings. The highest BCUT2D eigenvalue weighted by atomic mass is 16.2. The number of hydrogen-bond donors (Lipinski definition) is 2. The van der Waals surface area contributed by atoms with Gasteiger partial charge >= 0.3 is 0 Å². The van der Waals surface area contributed by atoms with Crippen LogP contribution >= 0.6 is 0 Å². The summed E-state index contributed by atoms with van der Waals surface area (Å²) in [4.78, 5) is 28.2. The number of anilines is 2. The molecule has 0 atom stereocenters. The summed E-state index contributed by atoms with van der Waals surface area (Å²) in [6, 6.07) is 14.3. The van der Waals surface area contributed by atoms with Gasteiger partial charge in [-0.15, -0.1) is 0 Å². The molecule has 2 amide bonds. The van der Waals surface area contributed by atoms with Crippen LogP contribution in [0.25, 0.3) is 5.69 Å². The lowest BCUT2D eigenvalue weighted by Crippen LogP contribution is -2.14. The van der Waals surface area contributed by atoms with Crippen LogP contribution in [0, 0.1) is 5.92 Å². The van der Waals surface area contributed by atoms with E-state index >= 15 is 0 Å². The first-order chi connectivity index (χ1) is 13.0. The molecule has 6 nitrogen and oxygen atoms in total. The van der Waals surface area contributed by atoms with Gasteiger partial charge in [-0.25, -0.2) is 4.98 Å². The molecule has 0 aliphatic carbocycles. The second-order valence-electron chi connectivity index (χ2n) is 6.69. The Labute approximate surface area is 158 Å². The Balaban J connectivity index is 1.60. The maximum absolute atomic E-state index is 12.4. The monoisotopic (exact) mass is 362 g/mol. The molecular formula is C21H22N4O2. The van der Waals surface area contributed by atoms with E-state index in [-0.39, 0.29) is 11.8 Å². The zero-order valence-electron chi connectivity index (χ0n) is 15.3. The molecular weight excluding hydrogens is 340 g/mol. The van der Waals surface area contributed by atoms with E-state index in [0.717, 1.165) is 5.69 Å². The highest BCUT2D eigenvalue weighted by Crippen LogP contribution is 2.16. The highest BCUT2D eigenvalue weighted by molar-refractivity contribution is 6.04. The van der Waals surface area contributed by atoms with Crippen LogP contribution in [0.3, 0.4) is 0 Å². The topological polar surface area (TPSA) is 76.0 Å². The summed E-state index contributed by atoms with van der Waals surface area (Å²) in [5, 5.41) is 5.70. The number of nitrogens with one attached hydrogen (secondary N) is 2. The molecule has 27 heavy (non-hydrogen) atoms. The number of benzene rings is 2. The van der Waals surface area contributed by atoms with Gasteiger partial charge in [-0.3, -0.25) is 9.59 Å². The van der Waals surface area contributed by atoms with Crippen molar-refractivity contribution in [3.05, 3.63) is 72.8 Å². The largest absolute Gasteiger partial charge is 0.326 e. The zero-order valence-corrected chi connectivity index (χ0v) is 15.3.